The summed E-state index contributed by atoms with van der Waals surface area (Å²) in [7, 11) is 0. The Kier molecular flexibility index (Phi) is 19.9. The molecular formula is C18H38N2O3. The molecule has 1 atom stereocenters. The van der Waals surface area contributed by atoms with Crippen LogP contribution in [0.1, 0.15) is 85.0 Å². The molecule has 5 heteroatoms. The predicted molar refractivity (Wildman–Crippen MR) is 96.4 cm³/mol. The molecule has 1 amide bonds. The highest BCUT2D eigenvalue weighted by molar-refractivity contribution is 5.78. The molecule has 0 aliphatic rings. The van der Waals surface area contributed by atoms with Crippen LogP contribution in [0.25, 0.3) is 0 Å². The van der Waals surface area contributed by atoms with Crippen LogP contribution in [0, 0.1) is 5.92 Å². The molecule has 0 saturated heterocycles. The van der Waals surface area contributed by atoms with Crippen molar-refractivity contribution in [2.75, 3.05) is 13.1 Å². The minimum atomic E-state index is -0.696. The predicted octanol–water partition coefficient (Wildman–Crippen LogP) is 3.71. The summed E-state index contributed by atoms with van der Waals surface area (Å²) in [6.45, 7) is 7.22. The van der Waals surface area contributed by atoms with E-state index in [9.17, 15) is 9.59 Å². The zero-order chi connectivity index (χ0) is 17.9. The van der Waals surface area contributed by atoms with Crippen LogP contribution in [0.4, 0.5) is 0 Å². The zero-order valence-electron chi connectivity index (χ0n) is 15.4. The van der Waals surface area contributed by atoms with Crippen LogP contribution in [0.2, 0.25) is 0 Å². The number of carboxylic acids is 1. The van der Waals surface area contributed by atoms with Crippen LogP contribution in [0.15, 0.2) is 0 Å². The second kappa shape index (κ2) is 18.9. The first-order valence-corrected chi connectivity index (χ1v) is 9.27. The Hall–Kier alpha value is -1.10. The molecule has 0 aromatic heterocycles. The summed E-state index contributed by atoms with van der Waals surface area (Å²) in [6, 6.07) is 0. The van der Waals surface area contributed by atoms with Gasteiger partial charge in [-0.3, -0.25) is 9.59 Å². The van der Waals surface area contributed by atoms with Crippen molar-refractivity contribution >= 4 is 11.9 Å². The van der Waals surface area contributed by atoms with Gasteiger partial charge < -0.3 is 16.2 Å². The first kappa shape index (κ1) is 24.2. The Balaban J connectivity index is 0. The molecular weight excluding hydrogens is 292 g/mol. The fourth-order valence-corrected chi connectivity index (χ4v) is 2.23. The number of amides is 1. The highest BCUT2D eigenvalue weighted by Gasteiger charge is 2.10. The van der Waals surface area contributed by atoms with Gasteiger partial charge in [0.15, 0.2) is 0 Å². The average Bonchev–Trinajstić information content (AvgIpc) is 2.54. The second-order valence-electron chi connectivity index (χ2n) is 5.74. The summed E-state index contributed by atoms with van der Waals surface area (Å²) in [5.74, 6) is -0.572. The molecule has 0 aromatic carbocycles. The van der Waals surface area contributed by atoms with Crippen molar-refractivity contribution < 1.29 is 14.7 Å². The van der Waals surface area contributed by atoms with Crippen molar-refractivity contribution in [3.63, 3.8) is 0 Å². The summed E-state index contributed by atoms with van der Waals surface area (Å²) in [5, 5.41) is 11.5. The monoisotopic (exact) mass is 330 g/mol. The van der Waals surface area contributed by atoms with Gasteiger partial charge in [0.25, 0.3) is 0 Å². The summed E-state index contributed by atoms with van der Waals surface area (Å²) in [5.41, 5.74) is 5.43. The van der Waals surface area contributed by atoms with Gasteiger partial charge in [-0.2, -0.15) is 0 Å². The van der Waals surface area contributed by atoms with Gasteiger partial charge in [-0.05, 0) is 25.8 Å². The molecule has 0 saturated carbocycles. The molecule has 23 heavy (non-hydrogen) atoms. The third-order valence-corrected chi connectivity index (χ3v) is 3.66. The number of nitrogens with two attached hydrogens (primary N) is 1. The van der Waals surface area contributed by atoms with E-state index in [1.165, 1.54) is 19.3 Å². The van der Waals surface area contributed by atoms with Gasteiger partial charge in [0.2, 0.25) is 5.91 Å². The van der Waals surface area contributed by atoms with E-state index in [2.05, 4.69) is 5.32 Å². The molecule has 0 aliphatic carbocycles. The van der Waals surface area contributed by atoms with E-state index in [0.717, 1.165) is 45.1 Å². The Bertz CT molecular complexity index is 283. The third-order valence-electron chi connectivity index (χ3n) is 3.66. The van der Waals surface area contributed by atoms with E-state index in [4.69, 9.17) is 10.8 Å². The first-order chi connectivity index (χ1) is 11.1. The minimum Gasteiger partial charge on any atom is -0.481 e. The fraction of sp³-hybridized carbons (Fsp3) is 0.889. The molecule has 0 rings (SSSR count). The Morgan fingerprint density at radius 3 is 1.91 bits per heavy atom. The van der Waals surface area contributed by atoms with E-state index in [1.807, 2.05) is 20.8 Å². The Morgan fingerprint density at radius 1 is 0.957 bits per heavy atom. The minimum absolute atomic E-state index is 0.0146. The summed E-state index contributed by atoms with van der Waals surface area (Å²) in [6.07, 6.45) is 9.71. The van der Waals surface area contributed by atoms with Crippen molar-refractivity contribution in [3.05, 3.63) is 0 Å². The largest absolute Gasteiger partial charge is 0.481 e. The maximum absolute atomic E-state index is 11.6. The molecule has 1 unspecified atom stereocenters. The van der Waals surface area contributed by atoms with Crippen LogP contribution in [-0.4, -0.2) is 30.1 Å². The van der Waals surface area contributed by atoms with Gasteiger partial charge in [-0.1, -0.05) is 59.3 Å². The summed E-state index contributed by atoms with van der Waals surface area (Å²) < 4.78 is 0. The van der Waals surface area contributed by atoms with Crippen molar-refractivity contribution in [2.45, 2.75) is 85.0 Å². The molecule has 0 heterocycles. The maximum Gasteiger partial charge on any atom is 0.303 e. The van der Waals surface area contributed by atoms with Crippen molar-refractivity contribution in [1.29, 1.82) is 0 Å². The van der Waals surface area contributed by atoms with Crippen molar-refractivity contribution in [3.8, 4) is 0 Å². The lowest BCUT2D eigenvalue weighted by molar-refractivity contribution is -0.137. The normalized spacial score (nSPS) is 11.3. The number of nitrogens with one attached hydrogen (secondary N) is 1. The van der Waals surface area contributed by atoms with E-state index in [0.29, 0.717) is 13.0 Å². The number of hydrogen-bond acceptors (Lipinski definition) is 3. The smallest absolute Gasteiger partial charge is 0.303 e. The quantitative estimate of drug-likeness (QED) is 0.423. The number of carboxylic acid groups (broad SMARTS) is 1. The number of aliphatic carboxylic acids is 1. The third kappa shape index (κ3) is 18.9. The zero-order valence-corrected chi connectivity index (χ0v) is 15.4. The topological polar surface area (TPSA) is 92.4 Å². The maximum atomic E-state index is 11.6. The standard InChI is InChI=1S/C16H32N2O3.C2H6/c1-14(11-12-17)16(21)18-13-9-7-5-3-2-4-6-8-10-15(19)20;1-2/h14H,2-13,17H2,1H3,(H,18,21)(H,19,20);1-2H3. The van der Waals surface area contributed by atoms with Crippen molar-refractivity contribution in [2.24, 2.45) is 11.7 Å². The molecule has 138 valence electrons. The summed E-state index contributed by atoms with van der Waals surface area (Å²) >= 11 is 0. The summed E-state index contributed by atoms with van der Waals surface area (Å²) in [4.78, 5) is 21.9. The molecule has 0 spiro atoms. The molecule has 0 aliphatic heterocycles. The highest BCUT2D eigenvalue weighted by Crippen LogP contribution is 2.09. The van der Waals surface area contributed by atoms with Crippen LogP contribution < -0.4 is 11.1 Å². The van der Waals surface area contributed by atoms with Gasteiger partial charge in [0.05, 0.1) is 0 Å². The lowest BCUT2D eigenvalue weighted by Gasteiger charge is -2.10. The molecule has 0 fully saturated rings. The van der Waals surface area contributed by atoms with Crippen LogP contribution in [-0.2, 0) is 9.59 Å². The van der Waals surface area contributed by atoms with Crippen molar-refractivity contribution in [1.82, 2.24) is 5.32 Å². The lowest BCUT2D eigenvalue weighted by Crippen LogP contribution is -2.31. The van der Waals surface area contributed by atoms with Gasteiger partial charge in [0.1, 0.15) is 0 Å². The second-order valence-corrected chi connectivity index (χ2v) is 5.74. The number of carbonyl (C=O) groups is 2. The Morgan fingerprint density at radius 2 is 1.43 bits per heavy atom. The van der Waals surface area contributed by atoms with E-state index < -0.39 is 5.97 Å². The van der Waals surface area contributed by atoms with Gasteiger partial charge in [0, 0.05) is 18.9 Å². The van der Waals surface area contributed by atoms with E-state index in [-0.39, 0.29) is 11.8 Å². The molecule has 0 bridgehead atoms. The number of rotatable bonds is 14. The van der Waals surface area contributed by atoms with Crippen LogP contribution in [0.3, 0.4) is 0 Å². The fourth-order valence-electron chi connectivity index (χ4n) is 2.23. The molecule has 0 aromatic rings. The van der Waals surface area contributed by atoms with E-state index in [1.54, 1.807) is 0 Å². The van der Waals surface area contributed by atoms with Gasteiger partial charge >= 0.3 is 5.97 Å². The van der Waals surface area contributed by atoms with Gasteiger partial charge in [-0.15, -0.1) is 0 Å². The van der Waals surface area contributed by atoms with Gasteiger partial charge in [-0.25, -0.2) is 0 Å². The van der Waals surface area contributed by atoms with E-state index >= 15 is 0 Å². The highest BCUT2D eigenvalue weighted by atomic mass is 16.4. The van der Waals surface area contributed by atoms with Crippen LogP contribution >= 0.6 is 0 Å². The first-order valence-electron chi connectivity index (χ1n) is 9.27. The SMILES string of the molecule is CC.CC(CCN)C(=O)NCCCCCCCCCCC(=O)O. The number of carbonyl (C=O) groups excluding carboxylic acids is 1. The lowest BCUT2D eigenvalue weighted by atomic mass is 10.1. The molecule has 0 radical (unpaired) electrons. The van der Waals surface area contributed by atoms with Crippen LogP contribution in [0.5, 0.6) is 0 Å². The average molecular weight is 331 g/mol. The number of hydrogen-bond donors (Lipinski definition) is 3. The molecule has 4 N–H and O–H groups in total. The molecule has 5 nitrogen and oxygen atoms in total. The Labute approximate surface area is 142 Å². The number of unbranched alkanes of at least 4 members (excludes halogenated alkanes) is 7.